The molecular weight excluding hydrogens is 603 g/mol. The first-order chi connectivity index (χ1) is 22.7. The fraction of sp³-hybridized carbons (Fsp3) is 0.237. The first kappa shape index (κ1) is 30.5. The second kappa shape index (κ2) is 12.5. The maximum absolute atomic E-state index is 13.1. The minimum absolute atomic E-state index is 0.252. The van der Waals surface area contributed by atoms with Crippen molar-refractivity contribution in [1.82, 2.24) is 14.5 Å². The number of ether oxygens (including phenoxy) is 1. The van der Waals surface area contributed by atoms with Gasteiger partial charge in [-0.1, -0.05) is 67.4 Å². The average Bonchev–Trinajstić information content (AvgIpc) is 3.44. The van der Waals surface area contributed by atoms with Gasteiger partial charge in [0, 0.05) is 23.9 Å². The molecule has 7 rings (SSSR count). The van der Waals surface area contributed by atoms with Crippen molar-refractivity contribution >= 4 is 27.9 Å². The SMILES string of the molecule is O=C(O)[C@H]1CCCC[C@H]1c1nc2cc(OCc3ccc4ccccc4n3)ccc2n1Cc1cccc(-c2ccc(C(F)(F)F)cc2)c1. The number of pyridine rings is 1. The second-order valence-electron chi connectivity index (χ2n) is 12.1. The van der Waals surface area contributed by atoms with Crippen molar-refractivity contribution in [3.05, 3.63) is 126 Å². The molecule has 0 bridgehead atoms. The Hall–Kier alpha value is -5.18. The number of carboxylic acid groups (broad SMARTS) is 1. The lowest BCUT2D eigenvalue weighted by Crippen LogP contribution is -2.27. The monoisotopic (exact) mass is 635 g/mol. The summed E-state index contributed by atoms with van der Waals surface area (Å²) in [5.41, 5.74) is 4.96. The molecule has 1 fully saturated rings. The fourth-order valence-corrected chi connectivity index (χ4v) is 6.63. The lowest BCUT2D eigenvalue weighted by molar-refractivity contribution is -0.143. The summed E-state index contributed by atoms with van der Waals surface area (Å²) in [6.07, 6.45) is -1.29. The van der Waals surface area contributed by atoms with E-state index in [9.17, 15) is 23.1 Å². The van der Waals surface area contributed by atoms with Gasteiger partial charge in [0.2, 0.25) is 0 Å². The molecule has 2 atom stereocenters. The highest BCUT2D eigenvalue weighted by Crippen LogP contribution is 2.40. The fourth-order valence-electron chi connectivity index (χ4n) is 6.63. The van der Waals surface area contributed by atoms with Crippen molar-refractivity contribution in [1.29, 1.82) is 0 Å². The zero-order valence-corrected chi connectivity index (χ0v) is 25.5. The molecule has 0 saturated heterocycles. The number of benzene rings is 4. The summed E-state index contributed by atoms with van der Waals surface area (Å²) >= 11 is 0. The van der Waals surface area contributed by atoms with Gasteiger partial charge in [-0.05, 0) is 72.0 Å². The zero-order valence-electron chi connectivity index (χ0n) is 25.5. The van der Waals surface area contributed by atoms with Crippen molar-refractivity contribution in [2.75, 3.05) is 0 Å². The number of hydrogen-bond donors (Lipinski definition) is 1. The predicted molar refractivity (Wildman–Crippen MR) is 174 cm³/mol. The number of imidazole rings is 1. The summed E-state index contributed by atoms with van der Waals surface area (Å²) < 4.78 is 47.6. The van der Waals surface area contributed by atoms with E-state index in [0.29, 0.717) is 29.8 Å². The summed E-state index contributed by atoms with van der Waals surface area (Å²) in [6.45, 7) is 0.703. The number of aromatic nitrogens is 3. The predicted octanol–water partition coefficient (Wildman–Crippen LogP) is 9.26. The van der Waals surface area contributed by atoms with Gasteiger partial charge in [-0.15, -0.1) is 0 Å². The van der Waals surface area contributed by atoms with E-state index in [2.05, 4.69) is 4.57 Å². The van der Waals surface area contributed by atoms with E-state index < -0.39 is 23.6 Å². The molecule has 4 aromatic carbocycles. The van der Waals surface area contributed by atoms with E-state index >= 15 is 0 Å². The Bertz CT molecular complexity index is 2070. The number of alkyl halides is 3. The molecule has 0 aliphatic heterocycles. The van der Waals surface area contributed by atoms with Crippen LogP contribution in [0.4, 0.5) is 13.2 Å². The highest BCUT2D eigenvalue weighted by atomic mass is 19.4. The molecule has 1 aliphatic carbocycles. The van der Waals surface area contributed by atoms with E-state index in [1.54, 1.807) is 0 Å². The lowest BCUT2D eigenvalue weighted by Gasteiger charge is -2.28. The van der Waals surface area contributed by atoms with Gasteiger partial charge in [-0.25, -0.2) is 9.97 Å². The van der Waals surface area contributed by atoms with Crippen molar-refractivity contribution in [2.24, 2.45) is 5.92 Å². The molecule has 238 valence electrons. The van der Waals surface area contributed by atoms with Gasteiger partial charge in [-0.2, -0.15) is 13.2 Å². The Morgan fingerprint density at radius 2 is 1.64 bits per heavy atom. The van der Waals surface area contributed by atoms with Crippen LogP contribution >= 0.6 is 0 Å². The van der Waals surface area contributed by atoms with Gasteiger partial charge in [-0.3, -0.25) is 4.79 Å². The number of fused-ring (bicyclic) bond motifs is 2. The van der Waals surface area contributed by atoms with Crippen molar-refractivity contribution < 1.29 is 27.8 Å². The largest absolute Gasteiger partial charge is 0.487 e. The van der Waals surface area contributed by atoms with Crippen LogP contribution in [0.5, 0.6) is 5.75 Å². The van der Waals surface area contributed by atoms with Crippen LogP contribution in [0.15, 0.2) is 103 Å². The van der Waals surface area contributed by atoms with E-state index in [4.69, 9.17) is 14.7 Å². The van der Waals surface area contributed by atoms with Gasteiger partial charge >= 0.3 is 12.1 Å². The smallest absolute Gasteiger partial charge is 0.416 e. The van der Waals surface area contributed by atoms with E-state index in [1.165, 1.54) is 12.1 Å². The topological polar surface area (TPSA) is 77.2 Å². The van der Waals surface area contributed by atoms with Crippen LogP contribution in [0.1, 0.15) is 54.2 Å². The average molecular weight is 636 g/mol. The Morgan fingerprint density at radius 3 is 2.45 bits per heavy atom. The maximum Gasteiger partial charge on any atom is 0.416 e. The third kappa shape index (κ3) is 6.43. The second-order valence-corrected chi connectivity index (χ2v) is 12.1. The first-order valence-electron chi connectivity index (χ1n) is 15.7. The van der Waals surface area contributed by atoms with Crippen LogP contribution in [-0.2, 0) is 24.1 Å². The van der Waals surface area contributed by atoms with Crippen molar-refractivity contribution in [2.45, 2.75) is 50.9 Å². The molecular formula is C38H32F3N3O3. The number of rotatable bonds is 8. The Balaban J connectivity index is 1.21. The maximum atomic E-state index is 13.1. The standard InChI is InChI=1S/C38H32F3N3O3/c39-38(40,41)28-15-12-25(13-16-28)27-8-5-6-24(20-27)22-44-35-19-18-30(47-23-29-17-14-26-7-1-4-11-33(26)42-29)21-34(35)43-36(44)31-9-2-3-10-32(31)37(45)46/h1,4-8,11-21,31-32H,2-3,9-10,22-23H2,(H,45,46)/t31-,32+/m1/s1. The van der Waals surface area contributed by atoms with E-state index in [0.717, 1.165) is 70.5 Å². The molecule has 0 unspecified atom stereocenters. The third-order valence-electron chi connectivity index (χ3n) is 9.02. The molecule has 6 nitrogen and oxygen atoms in total. The highest BCUT2D eigenvalue weighted by molar-refractivity contribution is 5.80. The van der Waals surface area contributed by atoms with E-state index in [-0.39, 0.29) is 12.5 Å². The van der Waals surface area contributed by atoms with Gasteiger partial charge < -0.3 is 14.4 Å². The van der Waals surface area contributed by atoms with E-state index in [1.807, 2.05) is 78.9 Å². The molecule has 0 radical (unpaired) electrons. The first-order valence-corrected chi connectivity index (χ1v) is 15.7. The van der Waals surface area contributed by atoms with Gasteiger partial charge in [0.25, 0.3) is 0 Å². The Kier molecular flexibility index (Phi) is 8.14. The molecule has 1 aliphatic rings. The van der Waals surface area contributed by atoms with Gasteiger partial charge in [0.1, 0.15) is 18.2 Å². The van der Waals surface area contributed by atoms with Crippen LogP contribution in [-0.4, -0.2) is 25.6 Å². The van der Waals surface area contributed by atoms with Gasteiger partial charge in [0.15, 0.2) is 0 Å². The minimum atomic E-state index is -4.40. The molecule has 6 aromatic rings. The Morgan fingerprint density at radius 1 is 0.830 bits per heavy atom. The molecule has 2 aromatic heterocycles. The van der Waals surface area contributed by atoms with Crippen LogP contribution in [0.2, 0.25) is 0 Å². The summed E-state index contributed by atoms with van der Waals surface area (Å²) in [6, 6.07) is 30.4. The van der Waals surface area contributed by atoms with Crippen LogP contribution in [0.3, 0.4) is 0 Å². The number of hydrogen-bond acceptors (Lipinski definition) is 4. The minimum Gasteiger partial charge on any atom is -0.487 e. The number of nitrogens with zero attached hydrogens (tertiary/aromatic N) is 3. The number of para-hydroxylation sites is 1. The summed E-state index contributed by atoms with van der Waals surface area (Å²) in [5, 5.41) is 11.2. The number of carboxylic acids is 1. The van der Waals surface area contributed by atoms with Crippen molar-refractivity contribution in [3.8, 4) is 16.9 Å². The van der Waals surface area contributed by atoms with Crippen LogP contribution in [0, 0.1) is 5.92 Å². The molecule has 1 saturated carbocycles. The third-order valence-corrected chi connectivity index (χ3v) is 9.02. The summed E-state index contributed by atoms with van der Waals surface area (Å²) in [7, 11) is 0. The van der Waals surface area contributed by atoms with Crippen molar-refractivity contribution in [3.63, 3.8) is 0 Å². The molecule has 0 spiro atoms. The Labute approximate surface area is 269 Å². The highest BCUT2D eigenvalue weighted by Gasteiger charge is 2.35. The summed E-state index contributed by atoms with van der Waals surface area (Å²) in [4.78, 5) is 22.1. The number of halogens is 3. The molecule has 47 heavy (non-hydrogen) atoms. The quantitative estimate of drug-likeness (QED) is 0.180. The number of carbonyl (C=O) groups is 1. The summed E-state index contributed by atoms with van der Waals surface area (Å²) in [5.74, 6) is -0.248. The zero-order chi connectivity index (χ0) is 32.5. The normalized spacial score (nSPS) is 16.8. The van der Waals surface area contributed by atoms with Crippen LogP contribution in [0.25, 0.3) is 33.1 Å². The van der Waals surface area contributed by atoms with Crippen LogP contribution < -0.4 is 4.74 Å². The molecule has 0 amide bonds. The molecule has 2 heterocycles. The number of aliphatic carboxylic acids is 1. The molecule has 9 heteroatoms. The molecule has 1 N–H and O–H groups in total. The van der Waals surface area contributed by atoms with Gasteiger partial charge in [0.05, 0.1) is 33.7 Å². The lowest BCUT2D eigenvalue weighted by atomic mass is 9.78.